The first-order chi connectivity index (χ1) is 16.2. The van der Waals surface area contributed by atoms with Crippen LogP contribution in [0, 0.1) is 6.92 Å². The normalized spacial score (nSPS) is 10.9. The Morgan fingerprint density at radius 2 is 2.00 bits per heavy atom. The molecule has 13 heteroatoms. The summed E-state index contributed by atoms with van der Waals surface area (Å²) in [6, 6.07) is 6.31. The third-order valence-corrected chi connectivity index (χ3v) is 6.06. The number of nitrogens with zero attached hydrogens (tertiary/aromatic N) is 2. The molecular formula is C21H18Br2N4O7. The Morgan fingerprint density at radius 3 is 2.65 bits per heavy atom. The fourth-order valence-electron chi connectivity index (χ4n) is 2.85. The van der Waals surface area contributed by atoms with Crippen LogP contribution in [0.4, 0.5) is 0 Å². The van der Waals surface area contributed by atoms with Gasteiger partial charge in [-0.05, 0) is 57.0 Å². The van der Waals surface area contributed by atoms with Crippen LogP contribution in [0.3, 0.4) is 0 Å². The number of esters is 1. The number of hydrogen-bond acceptors (Lipinski definition) is 9. The lowest BCUT2D eigenvalue weighted by atomic mass is 10.0. The number of carbonyl (C=O) groups is 2. The van der Waals surface area contributed by atoms with E-state index in [0.29, 0.717) is 26.2 Å². The highest BCUT2D eigenvalue weighted by Crippen LogP contribution is 2.33. The number of aromatic nitrogens is 2. The number of methoxy groups -OCH3 is 2. The minimum Gasteiger partial charge on any atom is -0.493 e. The van der Waals surface area contributed by atoms with E-state index in [1.165, 1.54) is 32.6 Å². The van der Waals surface area contributed by atoms with Gasteiger partial charge in [0.2, 0.25) is 0 Å². The molecule has 0 fully saturated rings. The molecule has 0 aliphatic heterocycles. The van der Waals surface area contributed by atoms with Crippen LogP contribution in [-0.2, 0) is 9.53 Å². The fourth-order valence-corrected chi connectivity index (χ4v) is 3.46. The number of rotatable bonds is 8. The van der Waals surface area contributed by atoms with Crippen molar-refractivity contribution in [1.82, 2.24) is 15.4 Å². The Labute approximate surface area is 209 Å². The molecule has 0 aliphatic rings. The van der Waals surface area contributed by atoms with Crippen LogP contribution in [-0.4, -0.2) is 48.9 Å². The summed E-state index contributed by atoms with van der Waals surface area (Å²) < 4.78 is 22.2. The molecule has 0 bridgehead atoms. The van der Waals surface area contributed by atoms with E-state index in [4.69, 9.17) is 18.6 Å². The second-order valence-corrected chi connectivity index (χ2v) is 8.17. The predicted octanol–water partition coefficient (Wildman–Crippen LogP) is 3.19. The largest absolute Gasteiger partial charge is 0.493 e. The number of aromatic amines is 1. The maximum Gasteiger partial charge on any atom is 0.345 e. The van der Waals surface area contributed by atoms with Gasteiger partial charge in [-0.25, -0.2) is 15.0 Å². The van der Waals surface area contributed by atoms with Gasteiger partial charge in [0.15, 0.2) is 22.8 Å². The number of hydrogen-bond donors (Lipinski definition) is 2. The van der Waals surface area contributed by atoms with Crippen molar-refractivity contribution in [2.75, 3.05) is 20.8 Å². The lowest BCUT2D eigenvalue weighted by Gasteiger charge is -2.13. The van der Waals surface area contributed by atoms with Gasteiger partial charge in [0, 0.05) is 17.3 Å². The first-order valence-corrected chi connectivity index (χ1v) is 11.1. The van der Waals surface area contributed by atoms with Crippen molar-refractivity contribution in [3.63, 3.8) is 0 Å². The Bertz CT molecular complexity index is 1300. The highest BCUT2D eigenvalue weighted by atomic mass is 79.9. The van der Waals surface area contributed by atoms with E-state index in [1.54, 1.807) is 19.1 Å². The van der Waals surface area contributed by atoms with Crippen LogP contribution in [0.1, 0.15) is 21.8 Å². The summed E-state index contributed by atoms with van der Waals surface area (Å²) in [4.78, 5) is 42.6. The predicted molar refractivity (Wildman–Crippen MR) is 128 cm³/mol. The zero-order valence-electron chi connectivity index (χ0n) is 18.1. The van der Waals surface area contributed by atoms with Gasteiger partial charge in [-0.3, -0.25) is 4.79 Å². The highest BCUT2D eigenvalue weighted by Gasteiger charge is 2.21. The average Bonchev–Trinajstić information content (AvgIpc) is 3.13. The third-order valence-electron chi connectivity index (χ3n) is 4.35. The number of carbonyl (C=O) groups excluding carboxylic acids is 2. The first-order valence-electron chi connectivity index (χ1n) is 9.50. The quantitative estimate of drug-likeness (QED) is 0.229. The molecule has 0 saturated carbocycles. The fraction of sp³-hybridized carbons (Fsp3) is 0.190. The van der Waals surface area contributed by atoms with Crippen LogP contribution in [0.2, 0.25) is 0 Å². The molecular weight excluding hydrogens is 580 g/mol. The molecule has 2 N–H and O–H groups in total. The van der Waals surface area contributed by atoms with Gasteiger partial charge in [0.25, 0.3) is 5.91 Å². The van der Waals surface area contributed by atoms with Crippen LogP contribution in [0.5, 0.6) is 11.5 Å². The van der Waals surface area contributed by atoms with Gasteiger partial charge in [-0.15, -0.1) is 0 Å². The number of H-pyrrole nitrogens is 1. The Morgan fingerprint density at radius 1 is 1.24 bits per heavy atom. The molecule has 0 radical (unpaired) electrons. The zero-order valence-corrected chi connectivity index (χ0v) is 21.3. The van der Waals surface area contributed by atoms with Gasteiger partial charge in [0.1, 0.15) is 11.3 Å². The molecule has 3 rings (SSSR count). The van der Waals surface area contributed by atoms with Gasteiger partial charge in [-0.2, -0.15) is 10.1 Å². The van der Waals surface area contributed by atoms with Crippen LogP contribution in [0.25, 0.3) is 11.3 Å². The zero-order chi connectivity index (χ0) is 24.8. The van der Waals surface area contributed by atoms with Gasteiger partial charge < -0.3 is 23.6 Å². The smallest absolute Gasteiger partial charge is 0.345 e. The maximum absolute atomic E-state index is 12.2. The lowest BCUT2D eigenvalue weighted by molar-refractivity contribution is -0.123. The van der Waals surface area contributed by atoms with Crippen LogP contribution >= 0.6 is 31.9 Å². The summed E-state index contributed by atoms with van der Waals surface area (Å²) in [5.41, 5.74) is 2.67. The number of benzene rings is 1. The van der Waals surface area contributed by atoms with Crippen LogP contribution in [0.15, 0.2) is 47.7 Å². The molecule has 3 aromatic rings. The first kappa shape index (κ1) is 25.2. The van der Waals surface area contributed by atoms with Crippen molar-refractivity contribution in [2.24, 2.45) is 5.10 Å². The summed E-state index contributed by atoms with van der Waals surface area (Å²) >= 11 is 6.48. The van der Waals surface area contributed by atoms with Crippen molar-refractivity contribution in [3.8, 4) is 22.8 Å². The number of nitrogens with one attached hydrogen (secondary N) is 2. The second-order valence-electron chi connectivity index (χ2n) is 6.60. The molecule has 0 aliphatic carbocycles. The molecule has 2 heterocycles. The molecule has 34 heavy (non-hydrogen) atoms. The van der Waals surface area contributed by atoms with E-state index in [0.717, 1.165) is 0 Å². The van der Waals surface area contributed by atoms with Crippen molar-refractivity contribution in [2.45, 2.75) is 6.92 Å². The lowest BCUT2D eigenvalue weighted by Crippen LogP contribution is -2.24. The number of aryl methyl sites for hydroxylation is 1. The molecule has 0 atom stereocenters. The summed E-state index contributed by atoms with van der Waals surface area (Å²) in [7, 11) is 2.64. The van der Waals surface area contributed by atoms with Crippen molar-refractivity contribution in [1.29, 1.82) is 0 Å². The highest BCUT2D eigenvalue weighted by molar-refractivity contribution is 9.13. The van der Waals surface area contributed by atoms with E-state index >= 15 is 0 Å². The van der Waals surface area contributed by atoms with Crippen molar-refractivity contribution in [3.05, 3.63) is 60.9 Å². The minimum atomic E-state index is -0.651. The number of amides is 1. The Hall–Kier alpha value is -3.45. The average molecular weight is 598 g/mol. The molecule has 11 nitrogen and oxygen atoms in total. The number of hydrazone groups is 1. The standard InChI is InChI=1S/C21H18Br2N4O7/c1-10-17(20(29)32-3)18(26-21(30)25-10)11-4-5-14(15(6-11)31-2)33-9-16(28)27-24-8-12-7-13(22)19(23)34-12/h4-8H,9H2,1-3H3,(H,27,28)(H,25,26,30)/b24-8+. The number of halogens is 2. The summed E-state index contributed by atoms with van der Waals surface area (Å²) in [5, 5.41) is 3.80. The molecule has 0 spiro atoms. The molecule has 1 amide bonds. The topological polar surface area (TPSA) is 145 Å². The molecule has 0 saturated heterocycles. The van der Waals surface area contributed by atoms with E-state index in [2.05, 4.69) is 52.4 Å². The molecule has 0 unspecified atom stereocenters. The molecule has 2 aromatic heterocycles. The van der Waals surface area contributed by atoms with E-state index in [1.807, 2.05) is 0 Å². The minimum absolute atomic E-state index is 0.116. The maximum atomic E-state index is 12.2. The SMILES string of the molecule is COC(=O)c1c(-c2ccc(OCC(=O)N/N=C/c3cc(Br)c(Br)o3)c(OC)c2)nc(=O)[nH]c1C. The third kappa shape index (κ3) is 5.91. The summed E-state index contributed by atoms with van der Waals surface area (Å²) in [6.07, 6.45) is 1.33. The van der Waals surface area contributed by atoms with Crippen molar-refractivity contribution < 1.29 is 28.2 Å². The summed E-state index contributed by atoms with van der Waals surface area (Å²) in [6.45, 7) is 1.21. The number of furan rings is 1. The van der Waals surface area contributed by atoms with Gasteiger partial charge >= 0.3 is 11.7 Å². The van der Waals surface area contributed by atoms with E-state index in [-0.39, 0.29) is 29.4 Å². The van der Waals surface area contributed by atoms with Gasteiger partial charge in [0.05, 0.1) is 30.6 Å². The van der Waals surface area contributed by atoms with Gasteiger partial charge in [-0.1, -0.05) is 0 Å². The van der Waals surface area contributed by atoms with E-state index in [9.17, 15) is 14.4 Å². The molecule has 178 valence electrons. The molecule has 1 aromatic carbocycles. The van der Waals surface area contributed by atoms with Crippen molar-refractivity contribution >= 4 is 50.0 Å². The van der Waals surface area contributed by atoms with E-state index < -0.39 is 17.6 Å². The van der Waals surface area contributed by atoms with Crippen LogP contribution < -0.4 is 20.6 Å². The Kier molecular flexibility index (Phi) is 8.23. The monoisotopic (exact) mass is 596 g/mol. The summed E-state index contributed by atoms with van der Waals surface area (Å²) in [5.74, 6) is -0.235. The Balaban J connectivity index is 1.74. The second kappa shape index (κ2) is 11.1. The number of ether oxygens (including phenoxy) is 3.